The molecular formula is C12H19NO4S. The van der Waals surface area contributed by atoms with Crippen molar-refractivity contribution in [1.82, 2.24) is 0 Å². The average molecular weight is 273 g/mol. The summed E-state index contributed by atoms with van der Waals surface area (Å²) in [6, 6.07) is 4.44. The highest BCUT2D eigenvalue weighted by atomic mass is 32.2. The van der Waals surface area contributed by atoms with Crippen LogP contribution in [0.3, 0.4) is 0 Å². The molecule has 1 aromatic rings. The van der Waals surface area contributed by atoms with Crippen molar-refractivity contribution in [2.45, 2.75) is 18.2 Å². The fraction of sp³-hybridized carbons (Fsp3) is 0.500. The summed E-state index contributed by atoms with van der Waals surface area (Å²) in [5, 5.41) is 0. The van der Waals surface area contributed by atoms with E-state index in [1.807, 2.05) is 6.92 Å². The third-order valence-corrected chi connectivity index (χ3v) is 3.35. The third-order valence-electron chi connectivity index (χ3n) is 2.24. The molecule has 0 aliphatic carbocycles. The van der Waals surface area contributed by atoms with Gasteiger partial charge < -0.3 is 15.2 Å². The maximum absolute atomic E-state index is 11.3. The lowest BCUT2D eigenvalue weighted by molar-refractivity contribution is 0.101. The van der Waals surface area contributed by atoms with E-state index in [1.54, 1.807) is 6.07 Å². The zero-order chi connectivity index (χ0) is 13.6. The van der Waals surface area contributed by atoms with Gasteiger partial charge in [-0.25, -0.2) is 8.42 Å². The van der Waals surface area contributed by atoms with Crippen molar-refractivity contribution in [2.75, 3.05) is 31.8 Å². The first kappa shape index (κ1) is 14.8. The molecule has 0 radical (unpaired) electrons. The largest absolute Gasteiger partial charge is 0.489 e. The van der Waals surface area contributed by atoms with Crippen LogP contribution in [-0.4, -0.2) is 34.5 Å². The molecule has 1 aromatic carbocycles. The molecule has 0 fully saturated rings. The lowest BCUT2D eigenvalue weighted by atomic mass is 10.3. The molecule has 0 heterocycles. The lowest BCUT2D eigenvalue weighted by Gasteiger charge is -2.10. The molecule has 1 rings (SSSR count). The summed E-state index contributed by atoms with van der Waals surface area (Å²) < 4.78 is 33.3. The van der Waals surface area contributed by atoms with Gasteiger partial charge in [0.1, 0.15) is 12.4 Å². The number of hydrogen-bond acceptors (Lipinski definition) is 5. The summed E-state index contributed by atoms with van der Waals surface area (Å²) in [6.07, 6.45) is 2.10. The van der Waals surface area contributed by atoms with Gasteiger partial charge in [0.05, 0.1) is 17.2 Å². The second-order valence-corrected chi connectivity index (χ2v) is 5.95. The van der Waals surface area contributed by atoms with Crippen LogP contribution in [0.4, 0.5) is 5.69 Å². The second kappa shape index (κ2) is 6.61. The molecule has 0 atom stereocenters. The minimum atomic E-state index is -3.23. The summed E-state index contributed by atoms with van der Waals surface area (Å²) in [4.78, 5) is 0.189. The maximum Gasteiger partial charge on any atom is 0.175 e. The van der Waals surface area contributed by atoms with Crippen molar-refractivity contribution in [3.05, 3.63) is 18.2 Å². The molecule has 0 bridgehead atoms. The van der Waals surface area contributed by atoms with Crippen LogP contribution in [0.25, 0.3) is 0 Å². The summed E-state index contributed by atoms with van der Waals surface area (Å²) >= 11 is 0. The standard InChI is InChI=1S/C12H19NO4S/c1-3-6-16-7-8-17-12-5-4-10(9-11(12)13)18(2,14)15/h4-5,9H,3,6-8,13H2,1-2H3. The van der Waals surface area contributed by atoms with Crippen molar-refractivity contribution in [3.8, 4) is 5.75 Å². The van der Waals surface area contributed by atoms with Crippen LogP contribution in [0.2, 0.25) is 0 Å². The number of nitrogens with two attached hydrogens (primary N) is 1. The van der Waals surface area contributed by atoms with Crippen molar-refractivity contribution < 1.29 is 17.9 Å². The molecule has 0 aliphatic heterocycles. The Bertz CT molecular complexity index is 485. The molecule has 0 spiro atoms. The Morgan fingerprint density at radius 3 is 2.50 bits per heavy atom. The fourth-order valence-electron chi connectivity index (χ4n) is 1.35. The quantitative estimate of drug-likeness (QED) is 0.601. The summed E-state index contributed by atoms with van der Waals surface area (Å²) in [5.41, 5.74) is 6.04. The smallest absolute Gasteiger partial charge is 0.175 e. The monoisotopic (exact) mass is 273 g/mol. The van der Waals surface area contributed by atoms with E-state index >= 15 is 0 Å². The van der Waals surface area contributed by atoms with Gasteiger partial charge in [0, 0.05) is 12.9 Å². The number of hydrogen-bond donors (Lipinski definition) is 1. The highest BCUT2D eigenvalue weighted by Crippen LogP contribution is 2.24. The second-order valence-electron chi connectivity index (χ2n) is 3.93. The fourth-order valence-corrected chi connectivity index (χ4v) is 2.00. The number of nitrogen functional groups attached to an aromatic ring is 1. The Kier molecular flexibility index (Phi) is 5.43. The molecule has 0 aromatic heterocycles. The van der Waals surface area contributed by atoms with Crippen molar-refractivity contribution in [2.24, 2.45) is 0 Å². The van der Waals surface area contributed by atoms with Crippen LogP contribution < -0.4 is 10.5 Å². The molecule has 0 amide bonds. The first-order valence-corrected chi connectivity index (χ1v) is 7.64. The van der Waals surface area contributed by atoms with Gasteiger partial charge in [-0.2, -0.15) is 0 Å². The highest BCUT2D eigenvalue weighted by molar-refractivity contribution is 7.90. The number of ether oxygens (including phenoxy) is 2. The van der Waals surface area contributed by atoms with E-state index in [9.17, 15) is 8.42 Å². The summed E-state index contributed by atoms with van der Waals surface area (Å²) in [6.45, 7) is 3.61. The molecule has 2 N–H and O–H groups in total. The average Bonchev–Trinajstić information content (AvgIpc) is 2.29. The normalized spacial score (nSPS) is 11.4. The van der Waals surface area contributed by atoms with Crippen molar-refractivity contribution >= 4 is 15.5 Å². The number of rotatable bonds is 7. The summed E-state index contributed by atoms with van der Waals surface area (Å²) in [7, 11) is -3.23. The van der Waals surface area contributed by atoms with E-state index in [1.165, 1.54) is 12.1 Å². The molecule has 0 aliphatic rings. The highest BCUT2D eigenvalue weighted by Gasteiger charge is 2.09. The van der Waals surface area contributed by atoms with E-state index in [2.05, 4.69) is 0 Å². The maximum atomic E-state index is 11.3. The predicted octanol–water partition coefficient (Wildman–Crippen LogP) is 1.48. The van der Waals surface area contributed by atoms with Gasteiger partial charge in [-0.15, -0.1) is 0 Å². The first-order valence-electron chi connectivity index (χ1n) is 5.75. The molecule has 0 saturated heterocycles. The van der Waals surface area contributed by atoms with E-state index in [0.29, 0.717) is 31.3 Å². The van der Waals surface area contributed by atoms with E-state index in [0.717, 1.165) is 12.7 Å². The van der Waals surface area contributed by atoms with Crippen LogP contribution >= 0.6 is 0 Å². The minimum absolute atomic E-state index is 0.189. The lowest BCUT2D eigenvalue weighted by Crippen LogP contribution is -2.08. The predicted molar refractivity (Wildman–Crippen MR) is 70.6 cm³/mol. The number of sulfone groups is 1. The van der Waals surface area contributed by atoms with Gasteiger partial charge in [0.15, 0.2) is 9.84 Å². The third kappa shape index (κ3) is 4.54. The topological polar surface area (TPSA) is 78.6 Å². The minimum Gasteiger partial charge on any atom is -0.489 e. The van der Waals surface area contributed by atoms with E-state index in [4.69, 9.17) is 15.2 Å². The molecule has 18 heavy (non-hydrogen) atoms. The summed E-state index contributed by atoms with van der Waals surface area (Å²) in [5.74, 6) is 0.475. The molecule has 0 saturated carbocycles. The molecule has 6 heteroatoms. The van der Waals surface area contributed by atoms with E-state index < -0.39 is 9.84 Å². The number of benzene rings is 1. The van der Waals surface area contributed by atoms with Crippen molar-refractivity contribution in [1.29, 1.82) is 0 Å². The SMILES string of the molecule is CCCOCCOc1ccc(S(C)(=O)=O)cc1N. The van der Waals surface area contributed by atoms with E-state index in [-0.39, 0.29) is 4.90 Å². The Morgan fingerprint density at radius 2 is 1.94 bits per heavy atom. The Morgan fingerprint density at radius 1 is 1.22 bits per heavy atom. The van der Waals surface area contributed by atoms with Gasteiger partial charge in [-0.05, 0) is 24.6 Å². The molecule has 5 nitrogen and oxygen atoms in total. The van der Waals surface area contributed by atoms with Gasteiger partial charge in [-0.3, -0.25) is 0 Å². The Hall–Kier alpha value is -1.27. The Balaban J connectivity index is 2.58. The van der Waals surface area contributed by atoms with Crippen LogP contribution in [0.1, 0.15) is 13.3 Å². The van der Waals surface area contributed by atoms with Gasteiger partial charge in [0.2, 0.25) is 0 Å². The van der Waals surface area contributed by atoms with Crippen LogP contribution in [0, 0.1) is 0 Å². The molecular weight excluding hydrogens is 254 g/mol. The zero-order valence-electron chi connectivity index (χ0n) is 10.7. The molecule has 102 valence electrons. The Labute approximate surface area is 108 Å². The zero-order valence-corrected chi connectivity index (χ0v) is 11.5. The van der Waals surface area contributed by atoms with Crippen LogP contribution in [0.15, 0.2) is 23.1 Å². The van der Waals surface area contributed by atoms with Gasteiger partial charge in [0.25, 0.3) is 0 Å². The first-order chi connectivity index (χ1) is 8.45. The van der Waals surface area contributed by atoms with Crippen LogP contribution in [0.5, 0.6) is 5.75 Å². The van der Waals surface area contributed by atoms with Crippen LogP contribution in [-0.2, 0) is 14.6 Å². The molecule has 0 unspecified atom stereocenters. The van der Waals surface area contributed by atoms with Gasteiger partial charge >= 0.3 is 0 Å². The van der Waals surface area contributed by atoms with Gasteiger partial charge in [-0.1, -0.05) is 6.92 Å². The number of anilines is 1. The van der Waals surface area contributed by atoms with Crippen molar-refractivity contribution in [3.63, 3.8) is 0 Å².